The molecule has 6 heteroatoms. The van der Waals surface area contributed by atoms with Crippen molar-refractivity contribution in [3.63, 3.8) is 0 Å². The zero-order chi connectivity index (χ0) is 19.0. The Morgan fingerprint density at radius 1 is 1.19 bits per heavy atom. The van der Waals surface area contributed by atoms with Crippen LogP contribution in [0, 0.1) is 6.92 Å². The summed E-state index contributed by atoms with van der Waals surface area (Å²) in [5.74, 6) is 0.0147. The van der Waals surface area contributed by atoms with E-state index in [1.165, 1.54) is 0 Å². The summed E-state index contributed by atoms with van der Waals surface area (Å²) in [5, 5.41) is 2.79. The molecule has 27 heavy (non-hydrogen) atoms. The van der Waals surface area contributed by atoms with E-state index in [2.05, 4.69) is 16.9 Å². The highest BCUT2D eigenvalue weighted by Crippen LogP contribution is 2.31. The number of amides is 1. The minimum absolute atomic E-state index is 0.298. The van der Waals surface area contributed by atoms with E-state index in [0.717, 1.165) is 16.8 Å². The lowest BCUT2D eigenvalue weighted by Crippen LogP contribution is -2.24. The maximum atomic E-state index is 12.8. The number of rotatable bonds is 4. The first kappa shape index (κ1) is 16.8. The van der Waals surface area contributed by atoms with Crippen LogP contribution in [-0.4, -0.2) is 27.0 Å². The number of para-hydroxylation sites is 2. The Hall–Kier alpha value is -3.67. The third kappa shape index (κ3) is 2.81. The van der Waals surface area contributed by atoms with Crippen LogP contribution in [-0.2, 0) is 0 Å². The van der Waals surface area contributed by atoms with Crippen molar-refractivity contribution in [1.29, 1.82) is 0 Å². The first-order valence-corrected chi connectivity index (χ1v) is 8.63. The molecular weight excluding hydrogens is 338 g/mol. The lowest BCUT2D eigenvalue weighted by molar-refractivity contribution is 0.0960. The summed E-state index contributed by atoms with van der Waals surface area (Å²) in [6.45, 7) is 5.98. The van der Waals surface area contributed by atoms with Crippen molar-refractivity contribution in [1.82, 2.24) is 19.9 Å². The van der Waals surface area contributed by atoms with E-state index in [1.807, 2.05) is 55.5 Å². The summed E-state index contributed by atoms with van der Waals surface area (Å²) in [4.78, 5) is 22.2. The van der Waals surface area contributed by atoms with Crippen LogP contribution in [0.15, 0.2) is 61.2 Å². The maximum Gasteiger partial charge on any atom is 0.257 e. The van der Waals surface area contributed by atoms with Gasteiger partial charge < -0.3 is 11.1 Å². The Morgan fingerprint density at radius 3 is 2.63 bits per heavy atom. The molecule has 2 aromatic carbocycles. The van der Waals surface area contributed by atoms with Crippen molar-refractivity contribution < 1.29 is 4.79 Å². The van der Waals surface area contributed by atoms with Crippen molar-refractivity contribution in [2.45, 2.75) is 6.92 Å². The third-order valence-electron chi connectivity index (χ3n) is 4.39. The smallest absolute Gasteiger partial charge is 0.257 e. The number of hydrogen-bond donors (Lipinski definition) is 2. The second-order valence-corrected chi connectivity index (χ2v) is 6.32. The maximum absolute atomic E-state index is 12.8. The molecule has 0 fully saturated rings. The standard InChI is InChI=1S/C21H19N5O/c1-3-11-23-21(27)17-18-20(25-16-10-5-4-9-15(16)24-18)26(19(17)22)14-8-6-7-13(2)12-14/h3-10,12H,1,11,22H2,2H3,(H,23,27). The SMILES string of the molecule is C=CCNC(=O)c1c(N)n(-c2cccc(C)c2)c2nc3ccccc3nc12. The molecule has 6 nitrogen and oxygen atoms in total. The topological polar surface area (TPSA) is 85.8 Å². The average molecular weight is 357 g/mol. The van der Waals surface area contributed by atoms with Gasteiger partial charge >= 0.3 is 0 Å². The molecule has 3 N–H and O–H groups in total. The summed E-state index contributed by atoms with van der Waals surface area (Å²) in [5.41, 5.74) is 11.2. The van der Waals surface area contributed by atoms with Crippen molar-refractivity contribution in [2.24, 2.45) is 0 Å². The van der Waals surface area contributed by atoms with Gasteiger partial charge in [-0.15, -0.1) is 6.58 Å². The van der Waals surface area contributed by atoms with Gasteiger partial charge in [0.05, 0.1) is 11.0 Å². The number of nitrogen functional groups attached to an aromatic ring is 1. The molecule has 0 aliphatic carbocycles. The van der Waals surface area contributed by atoms with Crippen LogP contribution in [0.4, 0.5) is 5.82 Å². The van der Waals surface area contributed by atoms with Crippen LogP contribution in [0.3, 0.4) is 0 Å². The first-order valence-electron chi connectivity index (χ1n) is 8.63. The fourth-order valence-electron chi connectivity index (χ4n) is 3.17. The number of hydrogen-bond acceptors (Lipinski definition) is 4. The summed E-state index contributed by atoms with van der Waals surface area (Å²) < 4.78 is 1.78. The molecule has 0 atom stereocenters. The molecule has 134 valence electrons. The number of nitrogens with one attached hydrogen (secondary N) is 1. The molecule has 4 aromatic rings. The number of aromatic nitrogens is 3. The second-order valence-electron chi connectivity index (χ2n) is 6.32. The molecule has 1 amide bonds. The van der Waals surface area contributed by atoms with E-state index in [1.54, 1.807) is 10.6 Å². The molecule has 0 saturated heterocycles. The average Bonchev–Trinajstić information content (AvgIpc) is 2.95. The van der Waals surface area contributed by atoms with E-state index >= 15 is 0 Å². The van der Waals surface area contributed by atoms with Gasteiger partial charge in [-0.3, -0.25) is 9.36 Å². The predicted octanol–water partition coefficient (Wildman–Crippen LogP) is 3.38. The van der Waals surface area contributed by atoms with Gasteiger partial charge in [-0.2, -0.15) is 0 Å². The lowest BCUT2D eigenvalue weighted by atomic mass is 10.2. The molecule has 0 saturated carbocycles. The van der Waals surface area contributed by atoms with Gasteiger partial charge in [0, 0.05) is 12.2 Å². The van der Waals surface area contributed by atoms with Gasteiger partial charge in [0.1, 0.15) is 16.9 Å². The molecule has 2 aromatic heterocycles. The minimum Gasteiger partial charge on any atom is -0.384 e. The third-order valence-corrected chi connectivity index (χ3v) is 4.39. The first-order chi connectivity index (χ1) is 13.1. The van der Waals surface area contributed by atoms with Crippen molar-refractivity contribution in [2.75, 3.05) is 12.3 Å². The molecular formula is C21H19N5O. The van der Waals surface area contributed by atoms with Crippen LogP contribution in [0.2, 0.25) is 0 Å². The molecule has 4 rings (SSSR count). The molecule has 0 unspecified atom stereocenters. The Morgan fingerprint density at radius 2 is 1.93 bits per heavy atom. The number of fused-ring (bicyclic) bond motifs is 2. The highest BCUT2D eigenvalue weighted by atomic mass is 16.1. The van der Waals surface area contributed by atoms with Crippen LogP contribution in [0.1, 0.15) is 15.9 Å². The van der Waals surface area contributed by atoms with Crippen LogP contribution >= 0.6 is 0 Å². The summed E-state index contributed by atoms with van der Waals surface area (Å²) in [6.07, 6.45) is 1.62. The predicted molar refractivity (Wildman–Crippen MR) is 108 cm³/mol. The fourth-order valence-corrected chi connectivity index (χ4v) is 3.17. The molecule has 0 radical (unpaired) electrons. The number of aryl methyl sites for hydroxylation is 1. The van der Waals surface area contributed by atoms with Crippen LogP contribution < -0.4 is 11.1 Å². The van der Waals surface area contributed by atoms with E-state index in [9.17, 15) is 4.79 Å². The van der Waals surface area contributed by atoms with Crippen molar-refractivity contribution in [3.05, 3.63) is 72.3 Å². The zero-order valence-electron chi connectivity index (χ0n) is 14.9. The number of carbonyl (C=O) groups is 1. The number of nitrogens with two attached hydrogens (primary N) is 1. The number of benzene rings is 2. The van der Waals surface area contributed by atoms with Gasteiger partial charge in [-0.1, -0.05) is 30.3 Å². The van der Waals surface area contributed by atoms with Crippen LogP contribution in [0.25, 0.3) is 27.9 Å². The molecule has 0 aliphatic heterocycles. The largest absolute Gasteiger partial charge is 0.384 e. The lowest BCUT2D eigenvalue weighted by Gasteiger charge is -2.09. The number of nitrogens with zero attached hydrogens (tertiary/aromatic N) is 3. The monoisotopic (exact) mass is 357 g/mol. The van der Waals surface area contributed by atoms with E-state index in [4.69, 9.17) is 10.7 Å². The van der Waals surface area contributed by atoms with Gasteiger partial charge in [-0.05, 0) is 36.8 Å². The Labute approximate surface area is 156 Å². The quantitative estimate of drug-likeness (QED) is 0.548. The normalized spacial score (nSPS) is 11.0. The van der Waals surface area contributed by atoms with Gasteiger partial charge in [0.15, 0.2) is 5.65 Å². The zero-order valence-corrected chi connectivity index (χ0v) is 14.9. The molecule has 0 bridgehead atoms. The number of anilines is 1. The van der Waals surface area contributed by atoms with Gasteiger partial charge in [-0.25, -0.2) is 9.97 Å². The second kappa shape index (κ2) is 6.57. The van der Waals surface area contributed by atoms with Crippen LogP contribution in [0.5, 0.6) is 0 Å². The van der Waals surface area contributed by atoms with E-state index < -0.39 is 0 Å². The summed E-state index contributed by atoms with van der Waals surface area (Å²) in [6, 6.07) is 15.4. The number of carbonyl (C=O) groups excluding carboxylic acids is 1. The molecule has 0 spiro atoms. The van der Waals surface area contributed by atoms with Crippen molar-refractivity contribution in [3.8, 4) is 5.69 Å². The van der Waals surface area contributed by atoms with E-state index in [0.29, 0.717) is 34.6 Å². The molecule has 2 heterocycles. The molecule has 0 aliphatic rings. The van der Waals surface area contributed by atoms with Gasteiger partial charge in [0.25, 0.3) is 5.91 Å². The van der Waals surface area contributed by atoms with Gasteiger partial charge in [0.2, 0.25) is 0 Å². The minimum atomic E-state index is -0.298. The fraction of sp³-hybridized carbons (Fsp3) is 0.0952. The summed E-state index contributed by atoms with van der Waals surface area (Å²) >= 11 is 0. The van der Waals surface area contributed by atoms with Crippen molar-refractivity contribution >= 4 is 33.9 Å². The Kier molecular flexibility index (Phi) is 4.08. The van der Waals surface area contributed by atoms with E-state index in [-0.39, 0.29) is 5.91 Å². The highest BCUT2D eigenvalue weighted by Gasteiger charge is 2.24. The summed E-state index contributed by atoms with van der Waals surface area (Å²) in [7, 11) is 0. The Balaban J connectivity index is 2.07. The Bertz CT molecular complexity index is 1190. The highest BCUT2D eigenvalue weighted by molar-refractivity contribution is 6.11.